The third-order valence-corrected chi connectivity index (χ3v) is 8.01. The summed E-state index contributed by atoms with van der Waals surface area (Å²) in [6, 6.07) is 25.0. The van der Waals surface area contributed by atoms with Crippen LogP contribution in [0.15, 0.2) is 101 Å². The molecule has 1 aliphatic rings. The second-order valence-electron chi connectivity index (χ2n) is 11.0. The number of esters is 1. The lowest BCUT2D eigenvalue weighted by atomic mass is 9.79. The smallest absolute Gasteiger partial charge is 0.330 e. The summed E-state index contributed by atoms with van der Waals surface area (Å²) in [4.78, 5) is 50.9. The lowest BCUT2D eigenvalue weighted by Crippen LogP contribution is -2.45. The van der Waals surface area contributed by atoms with Crippen molar-refractivity contribution in [2.75, 3.05) is 20.8 Å². The van der Waals surface area contributed by atoms with Gasteiger partial charge >= 0.3 is 11.7 Å². The molecule has 3 aromatic carbocycles. The zero-order chi connectivity index (χ0) is 33.6. The van der Waals surface area contributed by atoms with Crippen molar-refractivity contribution in [1.29, 1.82) is 0 Å². The summed E-state index contributed by atoms with van der Waals surface area (Å²) in [5.74, 6) is 0.408. The maximum Gasteiger partial charge on any atom is 0.330 e. The Labute approximate surface area is 270 Å². The number of nitrogens with one attached hydrogen (secondary N) is 1. The molecule has 5 rings (SSSR count). The first-order valence-electron chi connectivity index (χ1n) is 15.0. The number of carbonyl (C=O) groups excluding carboxylic acids is 2. The highest BCUT2D eigenvalue weighted by Gasteiger charge is 2.52. The van der Waals surface area contributed by atoms with Crippen LogP contribution in [0.1, 0.15) is 42.7 Å². The highest BCUT2D eigenvalue weighted by atomic mass is 16.6. The summed E-state index contributed by atoms with van der Waals surface area (Å²) < 4.78 is 30.6. The average molecular weight is 645 g/mol. The Hall–Kier alpha value is -5.04. The molecule has 1 aromatic heterocycles. The predicted octanol–water partition coefficient (Wildman–Crippen LogP) is 3.10. The number of aliphatic hydroxyl groups excluding tert-OH is 1. The van der Waals surface area contributed by atoms with Crippen molar-refractivity contribution in [2.24, 2.45) is 0 Å². The van der Waals surface area contributed by atoms with Crippen LogP contribution in [0, 0.1) is 0 Å². The first-order valence-corrected chi connectivity index (χ1v) is 15.0. The minimum atomic E-state index is -1.43. The van der Waals surface area contributed by atoms with Crippen LogP contribution in [0.5, 0.6) is 11.5 Å². The molecule has 4 aromatic rings. The second-order valence-corrected chi connectivity index (χ2v) is 11.0. The molecule has 2 N–H and O–H groups in total. The predicted molar refractivity (Wildman–Crippen MR) is 169 cm³/mol. The minimum Gasteiger partial charge on any atom is -0.497 e. The lowest BCUT2D eigenvalue weighted by Gasteiger charge is -2.40. The van der Waals surface area contributed by atoms with E-state index in [4.69, 9.17) is 23.7 Å². The zero-order valence-corrected chi connectivity index (χ0v) is 26.2. The molecule has 1 aliphatic heterocycles. The fraction of sp³-hybridized carbons (Fsp3) is 0.314. The number of hydrogen-bond acceptors (Lipinski definition) is 10. The van der Waals surface area contributed by atoms with Gasteiger partial charge in [0.2, 0.25) is 0 Å². The van der Waals surface area contributed by atoms with Crippen molar-refractivity contribution < 1.29 is 38.4 Å². The van der Waals surface area contributed by atoms with Crippen molar-refractivity contribution in [3.05, 3.63) is 129 Å². The highest BCUT2D eigenvalue weighted by Crippen LogP contribution is 2.46. The molecular formula is C35H36N2O10. The maximum atomic E-state index is 13.1. The molecule has 4 atom stereocenters. The van der Waals surface area contributed by atoms with Crippen molar-refractivity contribution in [2.45, 2.75) is 49.9 Å². The number of aliphatic hydroxyl groups is 1. The molecule has 0 radical (unpaired) electrons. The summed E-state index contributed by atoms with van der Waals surface area (Å²) in [6.45, 7) is 0.992. The maximum absolute atomic E-state index is 13.1. The SMILES string of the molecule is COc1ccc(C(O[C@@H]2[C@H](O)[C@@H](COC(=O)CCC(C)=O)O[C@H]2n2ccc(=O)[nH]c2=O)(c2ccccc2)c2ccc(OC)cc2)cc1. The zero-order valence-electron chi connectivity index (χ0n) is 26.2. The van der Waals surface area contributed by atoms with Gasteiger partial charge in [-0.3, -0.25) is 19.1 Å². The standard InChI is InChI=1S/C35H36N2O10/c1-22(38)9-18-30(40)45-21-28-31(41)32(33(46-28)37-20-19-29(39)36-34(37)42)47-35(23-7-5-4-6-8-23,24-10-14-26(43-2)15-11-24)25-12-16-27(44-3)17-13-25/h4-8,10-17,19-20,28,31-33,41H,9,18,21H2,1-3H3,(H,36,39,42)/t28-,31-,32-,33-/m1/s1. The number of H-pyrrole nitrogens is 1. The fourth-order valence-electron chi connectivity index (χ4n) is 5.59. The van der Waals surface area contributed by atoms with Crippen molar-refractivity contribution >= 4 is 11.8 Å². The van der Waals surface area contributed by atoms with Crippen LogP contribution < -0.4 is 20.7 Å². The number of ether oxygens (including phenoxy) is 5. The average Bonchev–Trinajstić information content (AvgIpc) is 3.39. The molecular weight excluding hydrogens is 608 g/mol. The minimum absolute atomic E-state index is 0.0113. The Morgan fingerprint density at radius 3 is 1.96 bits per heavy atom. The van der Waals surface area contributed by atoms with E-state index in [0.29, 0.717) is 28.2 Å². The van der Waals surface area contributed by atoms with Gasteiger partial charge < -0.3 is 33.6 Å². The van der Waals surface area contributed by atoms with Gasteiger partial charge in [-0.25, -0.2) is 4.79 Å². The number of aromatic amines is 1. The number of rotatable bonds is 13. The van der Waals surface area contributed by atoms with E-state index < -0.39 is 47.4 Å². The van der Waals surface area contributed by atoms with Crippen molar-refractivity contribution in [3.8, 4) is 11.5 Å². The number of nitrogens with zero attached hydrogens (tertiary/aromatic N) is 1. The molecule has 0 aliphatic carbocycles. The van der Waals surface area contributed by atoms with Crippen LogP contribution in [0.4, 0.5) is 0 Å². The Bertz CT molecular complexity index is 1740. The second kappa shape index (κ2) is 14.6. The number of hydrogen-bond donors (Lipinski definition) is 2. The quantitative estimate of drug-likeness (QED) is 0.164. The van der Waals surface area contributed by atoms with Crippen molar-refractivity contribution in [3.63, 3.8) is 0 Å². The number of ketones is 1. The summed E-state index contributed by atoms with van der Waals surface area (Å²) in [7, 11) is 3.12. The number of carbonyl (C=O) groups is 2. The molecule has 12 heteroatoms. The summed E-state index contributed by atoms with van der Waals surface area (Å²) >= 11 is 0. The molecule has 12 nitrogen and oxygen atoms in total. The first-order chi connectivity index (χ1) is 22.7. The van der Waals surface area contributed by atoms with Crippen LogP contribution in [0.3, 0.4) is 0 Å². The van der Waals surface area contributed by atoms with Gasteiger partial charge in [-0.1, -0.05) is 54.6 Å². The third-order valence-electron chi connectivity index (χ3n) is 8.01. The van der Waals surface area contributed by atoms with E-state index in [1.54, 1.807) is 38.5 Å². The Morgan fingerprint density at radius 2 is 1.43 bits per heavy atom. The Morgan fingerprint density at radius 1 is 0.851 bits per heavy atom. The van der Waals surface area contributed by atoms with Crippen LogP contribution in [0.2, 0.25) is 0 Å². The van der Waals surface area contributed by atoms with Crippen LogP contribution in [0.25, 0.3) is 0 Å². The topological polar surface area (TPSA) is 155 Å². The van der Waals surface area contributed by atoms with Gasteiger partial charge in [-0.2, -0.15) is 0 Å². The number of benzene rings is 3. The van der Waals surface area contributed by atoms with E-state index in [1.807, 2.05) is 54.6 Å². The lowest BCUT2D eigenvalue weighted by molar-refractivity contribution is -0.151. The summed E-state index contributed by atoms with van der Waals surface area (Å²) in [5, 5.41) is 11.8. The molecule has 0 spiro atoms. The molecule has 2 heterocycles. The molecule has 47 heavy (non-hydrogen) atoms. The summed E-state index contributed by atoms with van der Waals surface area (Å²) in [5.41, 5.74) is -0.808. The number of Topliss-reactive ketones (excluding diaryl/α,β-unsaturated/α-hetero) is 1. The van der Waals surface area contributed by atoms with Gasteiger partial charge in [-0.05, 0) is 47.9 Å². The van der Waals surface area contributed by atoms with E-state index in [2.05, 4.69) is 4.98 Å². The third kappa shape index (κ3) is 7.19. The molecule has 0 bridgehead atoms. The van der Waals surface area contributed by atoms with E-state index in [1.165, 1.54) is 13.1 Å². The normalized spacial score (nSPS) is 19.2. The van der Waals surface area contributed by atoms with Crippen LogP contribution in [-0.4, -0.2) is 65.5 Å². The van der Waals surface area contributed by atoms with E-state index in [0.717, 1.165) is 10.6 Å². The molecule has 1 fully saturated rings. The van der Waals surface area contributed by atoms with Gasteiger partial charge in [0.1, 0.15) is 47.8 Å². The Balaban J connectivity index is 1.65. The van der Waals surface area contributed by atoms with Gasteiger partial charge in [0, 0.05) is 18.7 Å². The summed E-state index contributed by atoms with van der Waals surface area (Å²) in [6.07, 6.45) is -3.96. The molecule has 246 valence electrons. The van der Waals surface area contributed by atoms with Crippen LogP contribution >= 0.6 is 0 Å². The molecule has 0 amide bonds. The number of methoxy groups -OCH3 is 2. The van der Waals surface area contributed by atoms with E-state index >= 15 is 0 Å². The largest absolute Gasteiger partial charge is 0.497 e. The molecule has 0 unspecified atom stereocenters. The monoisotopic (exact) mass is 644 g/mol. The highest BCUT2D eigenvalue weighted by molar-refractivity contribution is 5.80. The van der Waals surface area contributed by atoms with Gasteiger partial charge in [-0.15, -0.1) is 0 Å². The van der Waals surface area contributed by atoms with Crippen LogP contribution in [-0.2, 0) is 29.4 Å². The van der Waals surface area contributed by atoms with Gasteiger partial charge in [0.05, 0.1) is 20.6 Å². The Kier molecular flexibility index (Phi) is 10.3. The number of aromatic nitrogens is 2. The van der Waals surface area contributed by atoms with Gasteiger partial charge in [0.25, 0.3) is 5.56 Å². The van der Waals surface area contributed by atoms with Gasteiger partial charge in [0.15, 0.2) is 6.23 Å². The molecule has 0 saturated carbocycles. The first kappa shape index (κ1) is 33.3. The van der Waals surface area contributed by atoms with E-state index in [9.17, 15) is 24.3 Å². The van der Waals surface area contributed by atoms with Crippen molar-refractivity contribution in [1.82, 2.24) is 9.55 Å². The van der Waals surface area contributed by atoms with E-state index in [-0.39, 0.29) is 25.2 Å². The molecule has 1 saturated heterocycles. The fourth-order valence-corrected chi connectivity index (χ4v) is 5.59.